The molecular formula is C12H19N3O3S. The Hall–Kier alpha value is -1.18. The molecule has 0 aromatic carbocycles. The second-order valence-electron chi connectivity index (χ2n) is 4.45. The van der Waals surface area contributed by atoms with Crippen LogP contribution < -0.4 is 5.32 Å². The molecule has 1 fully saturated rings. The van der Waals surface area contributed by atoms with E-state index in [1.54, 1.807) is 13.1 Å². The van der Waals surface area contributed by atoms with E-state index in [0.717, 1.165) is 6.42 Å². The molecule has 0 saturated carbocycles. The predicted molar refractivity (Wildman–Crippen MR) is 72.6 cm³/mol. The highest BCUT2D eigenvalue weighted by atomic mass is 32.2. The van der Waals surface area contributed by atoms with Gasteiger partial charge in [-0.2, -0.15) is 4.31 Å². The van der Waals surface area contributed by atoms with Crippen molar-refractivity contribution in [3.05, 3.63) is 18.3 Å². The second kappa shape index (κ2) is 5.85. The molecule has 1 unspecified atom stereocenters. The highest BCUT2D eigenvalue weighted by Crippen LogP contribution is 2.21. The number of hydrogen-bond acceptors (Lipinski definition) is 5. The van der Waals surface area contributed by atoms with E-state index in [4.69, 9.17) is 4.74 Å². The van der Waals surface area contributed by atoms with Gasteiger partial charge in [0.25, 0.3) is 0 Å². The number of hydrogen-bond donors (Lipinski definition) is 1. The number of nitrogens with one attached hydrogen (secondary N) is 1. The van der Waals surface area contributed by atoms with Crippen molar-refractivity contribution in [3.63, 3.8) is 0 Å². The van der Waals surface area contributed by atoms with Crippen LogP contribution in [0.15, 0.2) is 23.2 Å². The maximum absolute atomic E-state index is 12.5. The zero-order valence-corrected chi connectivity index (χ0v) is 12.0. The molecule has 7 heteroatoms. The normalized spacial score (nSPS) is 19.8. The Morgan fingerprint density at radius 3 is 3.00 bits per heavy atom. The van der Waals surface area contributed by atoms with E-state index in [-0.39, 0.29) is 10.9 Å². The van der Waals surface area contributed by atoms with Crippen molar-refractivity contribution in [2.75, 3.05) is 32.1 Å². The van der Waals surface area contributed by atoms with Gasteiger partial charge in [-0.25, -0.2) is 13.4 Å². The van der Waals surface area contributed by atoms with E-state index < -0.39 is 10.0 Å². The van der Waals surface area contributed by atoms with Gasteiger partial charge < -0.3 is 10.1 Å². The first-order chi connectivity index (χ1) is 9.05. The summed E-state index contributed by atoms with van der Waals surface area (Å²) in [4.78, 5) is 4.34. The molecule has 19 heavy (non-hydrogen) atoms. The van der Waals surface area contributed by atoms with Crippen LogP contribution in [-0.4, -0.2) is 50.6 Å². The molecule has 0 aliphatic carbocycles. The van der Waals surface area contributed by atoms with Crippen LogP contribution in [0.3, 0.4) is 0 Å². The van der Waals surface area contributed by atoms with Gasteiger partial charge in [0.1, 0.15) is 5.82 Å². The molecule has 2 heterocycles. The minimum atomic E-state index is -3.49. The molecule has 6 nitrogen and oxygen atoms in total. The number of sulfonamides is 1. The van der Waals surface area contributed by atoms with Gasteiger partial charge in [0, 0.05) is 32.5 Å². The van der Waals surface area contributed by atoms with Crippen molar-refractivity contribution in [3.8, 4) is 0 Å². The van der Waals surface area contributed by atoms with E-state index in [1.165, 1.54) is 16.6 Å². The zero-order valence-electron chi connectivity index (χ0n) is 11.2. The summed E-state index contributed by atoms with van der Waals surface area (Å²) in [6, 6.07) is 2.99. The largest absolute Gasteiger partial charge is 0.380 e. The third-order valence-corrected chi connectivity index (χ3v) is 5.09. The standard InChI is InChI=1S/C12H19N3O3S/c1-3-13-12-8-11(4-6-14-12)19(16,17)15(2)10-5-7-18-9-10/h4,6,8,10H,3,5,7,9H2,1-2H3,(H,13,14). The van der Waals surface area contributed by atoms with Gasteiger partial charge in [0.15, 0.2) is 0 Å². The van der Waals surface area contributed by atoms with Crippen LogP contribution in [0.25, 0.3) is 0 Å². The lowest BCUT2D eigenvalue weighted by atomic mass is 10.3. The molecule has 0 amide bonds. The lowest BCUT2D eigenvalue weighted by Gasteiger charge is -2.22. The minimum absolute atomic E-state index is 0.0826. The van der Waals surface area contributed by atoms with E-state index in [9.17, 15) is 8.42 Å². The smallest absolute Gasteiger partial charge is 0.243 e. The van der Waals surface area contributed by atoms with Gasteiger partial charge in [-0.1, -0.05) is 0 Å². The molecular weight excluding hydrogens is 266 g/mol. The monoisotopic (exact) mass is 285 g/mol. The number of anilines is 1. The summed E-state index contributed by atoms with van der Waals surface area (Å²) >= 11 is 0. The van der Waals surface area contributed by atoms with Crippen molar-refractivity contribution in [1.82, 2.24) is 9.29 Å². The Morgan fingerprint density at radius 2 is 2.37 bits per heavy atom. The molecule has 1 aromatic heterocycles. The SMILES string of the molecule is CCNc1cc(S(=O)(=O)N(C)C2CCOC2)ccn1. The van der Waals surface area contributed by atoms with Crippen LogP contribution in [0.4, 0.5) is 5.82 Å². The summed E-state index contributed by atoms with van der Waals surface area (Å²) < 4.78 is 31.6. The number of likely N-dealkylation sites (N-methyl/N-ethyl adjacent to an activating group) is 1. The Balaban J connectivity index is 2.25. The van der Waals surface area contributed by atoms with Gasteiger partial charge in [0.2, 0.25) is 10.0 Å². The third-order valence-electron chi connectivity index (χ3n) is 3.19. The molecule has 1 saturated heterocycles. The third kappa shape index (κ3) is 3.05. The maximum atomic E-state index is 12.5. The molecule has 1 atom stereocenters. The van der Waals surface area contributed by atoms with E-state index in [2.05, 4.69) is 10.3 Å². The van der Waals surface area contributed by atoms with Crippen molar-refractivity contribution in [1.29, 1.82) is 0 Å². The van der Waals surface area contributed by atoms with Crippen LogP contribution in [0.5, 0.6) is 0 Å². The van der Waals surface area contributed by atoms with Gasteiger partial charge in [-0.15, -0.1) is 0 Å². The van der Waals surface area contributed by atoms with Gasteiger partial charge in [-0.05, 0) is 19.4 Å². The summed E-state index contributed by atoms with van der Waals surface area (Å²) in [6.07, 6.45) is 2.24. The van der Waals surface area contributed by atoms with E-state index >= 15 is 0 Å². The Morgan fingerprint density at radius 1 is 1.58 bits per heavy atom. The summed E-state index contributed by atoms with van der Waals surface area (Å²) in [5.41, 5.74) is 0. The van der Waals surface area contributed by atoms with Gasteiger partial charge >= 0.3 is 0 Å². The number of aromatic nitrogens is 1. The molecule has 0 bridgehead atoms. The van der Waals surface area contributed by atoms with Gasteiger partial charge in [-0.3, -0.25) is 0 Å². The number of ether oxygens (including phenoxy) is 1. The number of nitrogens with zero attached hydrogens (tertiary/aromatic N) is 2. The summed E-state index contributed by atoms with van der Waals surface area (Å²) in [7, 11) is -1.89. The van der Waals surface area contributed by atoms with Crippen LogP contribution >= 0.6 is 0 Å². The first-order valence-corrected chi connectivity index (χ1v) is 7.75. The molecule has 1 aromatic rings. The number of rotatable bonds is 5. The van der Waals surface area contributed by atoms with Crippen molar-refractivity contribution in [2.45, 2.75) is 24.3 Å². The summed E-state index contributed by atoms with van der Waals surface area (Å²) in [5.74, 6) is 0.569. The van der Waals surface area contributed by atoms with Crippen LogP contribution in [0, 0.1) is 0 Å². The molecule has 1 aliphatic heterocycles. The second-order valence-corrected chi connectivity index (χ2v) is 6.44. The first kappa shape index (κ1) is 14.2. The Kier molecular flexibility index (Phi) is 4.38. The molecule has 0 radical (unpaired) electrons. The molecule has 2 rings (SSSR count). The lowest BCUT2D eigenvalue weighted by molar-refractivity contribution is 0.181. The van der Waals surface area contributed by atoms with E-state index in [1.807, 2.05) is 6.92 Å². The summed E-state index contributed by atoms with van der Waals surface area (Å²) in [5, 5.41) is 3.01. The average Bonchev–Trinajstić information content (AvgIpc) is 2.92. The number of pyridine rings is 1. The van der Waals surface area contributed by atoms with Crippen LogP contribution in [-0.2, 0) is 14.8 Å². The molecule has 106 valence electrons. The molecule has 1 N–H and O–H groups in total. The Bertz CT molecular complexity index is 527. The van der Waals surface area contributed by atoms with E-state index in [0.29, 0.717) is 25.6 Å². The molecule has 0 spiro atoms. The minimum Gasteiger partial charge on any atom is -0.380 e. The highest BCUT2D eigenvalue weighted by Gasteiger charge is 2.30. The fraction of sp³-hybridized carbons (Fsp3) is 0.583. The van der Waals surface area contributed by atoms with Crippen LogP contribution in [0.2, 0.25) is 0 Å². The van der Waals surface area contributed by atoms with Crippen molar-refractivity contribution < 1.29 is 13.2 Å². The topological polar surface area (TPSA) is 71.5 Å². The first-order valence-electron chi connectivity index (χ1n) is 6.31. The predicted octanol–water partition coefficient (Wildman–Crippen LogP) is 0.923. The van der Waals surface area contributed by atoms with Crippen molar-refractivity contribution >= 4 is 15.8 Å². The maximum Gasteiger partial charge on any atom is 0.243 e. The van der Waals surface area contributed by atoms with Crippen LogP contribution in [0.1, 0.15) is 13.3 Å². The summed E-state index contributed by atoms with van der Waals surface area (Å²) in [6.45, 7) is 3.71. The zero-order chi connectivity index (χ0) is 13.9. The average molecular weight is 285 g/mol. The quantitative estimate of drug-likeness (QED) is 0.871. The highest BCUT2D eigenvalue weighted by molar-refractivity contribution is 7.89. The van der Waals surface area contributed by atoms with Crippen molar-refractivity contribution in [2.24, 2.45) is 0 Å². The fourth-order valence-electron chi connectivity index (χ4n) is 2.02. The molecule has 1 aliphatic rings. The van der Waals surface area contributed by atoms with Gasteiger partial charge in [0.05, 0.1) is 17.5 Å². The fourth-order valence-corrected chi connectivity index (χ4v) is 3.41. The lowest BCUT2D eigenvalue weighted by Crippen LogP contribution is -2.37. The Labute approximate surface area is 113 Å².